The maximum absolute atomic E-state index is 12.4. The van der Waals surface area contributed by atoms with Crippen LogP contribution >= 0.6 is 0 Å². The van der Waals surface area contributed by atoms with Gasteiger partial charge >= 0.3 is 5.97 Å². The van der Waals surface area contributed by atoms with Crippen molar-refractivity contribution in [1.82, 2.24) is 0 Å². The van der Waals surface area contributed by atoms with Crippen LogP contribution in [-0.2, 0) is 9.53 Å². The second-order valence-electron chi connectivity index (χ2n) is 5.65. The van der Waals surface area contributed by atoms with Gasteiger partial charge in [0.1, 0.15) is 17.2 Å². The Bertz CT molecular complexity index is 866. The summed E-state index contributed by atoms with van der Waals surface area (Å²) < 4.78 is 20.9. The monoisotopic (exact) mass is 354 g/mol. The summed E-state index contributed by atoms with van der Waals surface area (Å²) in [4.78, 5) is 23.8. The zero-order valence-electron chi connectivity index (χ0n) is 14.6. The van der Waals surface area contributed by atoms with E-state index in [1.165, 1.54) is 7.11 Å². The molecule has 1 aliphatic heterocycles. The average Bonchev–Trinajstić information content (AvgIpc) is 2.97. The second-order valence-corrected chi connectivity index (χ2v) is 5.65. The van der Waals surface area contributed by atoms with Crippen LogP contribution in [0.25, 0.3) is 6.08 Å². The average molecular weight is 354 g/mol. The quantitative estimate of drug-likeness (QED) is 0.606. The van der Waals surface area contributed by atoms with Crippen molar-refractivity contribution in [3.63, 3.8) is 0 Å². The normalized spacial score (nSPS) is 15.2. The summed E-state index contributed by atoms with van der Waals surface area (Å²) in [6.07, 6.45) is 0.955. The molecule has 0 saturated carbocycles. The van der Waals surface area contributed by atoms with Crippen LogP contribution in [0.4, 0.5) is 0 Å². The van der Waals surface area contributed by atoms with Crippen molar-refractivity contribution >= 4 is 17.8 Å². The largest absolute Gasteiger partial charge is 0.497 e. The van der Waals surface area contributed by atoms with E-state index in [9.17, 15) is 9.59 Å². The Kier molecular flexibility index (Phi) is 4.93. The number of hydrogen-bond acceptors (Lipinski definition) is 6. The van der Waals surface area contributed by atoms with E-state index < -0.39 is 12.1 Å². The molecule has 2 aromatic carbocycles. The molecule has 0 aliphatic carbocycles. The van der Waals surface area contributed by atoms with E-state index >= 15 is 0 Å². The van der Waals surface area contributed by atoms with Crippen molar-refractivity contribution in [2.45, 2.75) is 13.0 Å². The molecular formula is C20H18O6. The van der Waals surface area contributed by atoms with Crippen molar-refractivity contribution in [2.75, 3.05) is 14.2 Å². The molecular weight excluding hydrogens is 336 g/mol. The van der Waals surface area contributed by atoms with Crippen LogP contribution in [0.15, 0.2) is 48.2 Å². The lowest BCUT2D eigenvalue weighted by atomic mass is 10.1. The molecule has 0 unspecified atom stereocenters. The molecule has 1 heterocycles. The molecule has 0 aromatic heterocycles. The van der Waals surface area contributed by atoms with E-state index in [4.69, 9.17) is 14.2 Å². The lowest BCUT2D eigenvalue weighted by molar-refractivity contribution is -0.147. The molecule has 0 saturated heterocycles. The summed E-state index contributed by atoms with van der Waals surface area (Å²) in [6, 6.07) is 12.0. The van der Waals surface area contributed by atoms with Gasteiger partial charge in [-0.2, -0.15) is 0 Å². The summed E-state index contributed by atoms with van der Waals surface area (Å²) >= 11 is 0. The van der Waals surface area contributed by atoms with E-state index in [0.29, 0.717) is 22.8 Å². The van der Waals surface area contributed by atoms with Gasteiger partial charge in [0.25, 0.3) is 0 Å². The van der Waals surface area contributed by atoms with Gasteiger partial charge in [-0.15, -0.1) is 0 Å². The number of Topliss-reactive ketones (excluding diaryl/α,β-unsaturated/α-hetero) is 1. The van der Waals surface area contributed by atoms with Gasteiger partial charge in [-0.25, -0.2) is 4.79 Å². The number of carbonyl (C=O) groups excluding carboxylic acids is 2. The van der Waals surface area contributed by atoms with Gasteiger partial charge in [0.05, 0.1) is 19.8 Å². The highest BCUT2D eigenvalue weighted by molar-refractivity contribution is 6.14. The standard InChI is InChI=1S/C20H18O6/c1-12(20(22)24-3)25-14-6-4-13(5-7-14)10-18-19(21)16-9-8-15(23-2)11-17(16)26-18/h4-12H,1-3H3/b18-10-/t12-/m1/s1. The van der Waals surface area contributed by atoms with E-state index in [2.05, 4.69) is 4.74 Å². The van der Waals surface area contributed by atoms with Gasteiger partial charge in [0.15, 0.2) is 11.9 Å². The van der Waals surface area contributed by atoms with Crippen LogP contribution in [-0.4, -0.2) is 32.1 Å². The molecule has 3 rings (SSSR count). The minimum absolute atomic E-state index is 0.178. The number of methoxy groups -OCH3 is 2. The minimum atomic E-state index is -0.701. The Labute approximate surface area is 150 Å². The number of fused-ring (bicyclic) bond motifs is 1. The third-order valence-corrected chi connectivity index (χ3v) is 3.90. The zero-order chi connectivity index (χ0) is 18.7. The number of ether oxygens (including phenoxy) is 4. The first kappa shape index (κ1) is 17.5. The zero-order valence-corrected chi connectivity index (χ0v) is 14.6. The second kappa shape index (κ2) is 7.31. The number of benzene rings is 2. The smallest absolute Gasteiger partial charge is 0.346 e. The first-order valence-electron chi connectivity index (χ1n) is 7.98. The van der Waals surface area contributed by atoms with Crippen molar-refractivity contribution in [1.29, 1.82) is 0 Å². The highest BCUT2D eigenvalue weighted by Crippen LogP contribution is 2.34. The predicted molar refractivity (Wildman–Crippen MR) is 94.5 cm³/mol. The Morgan fingerprint density at radius 2 is 1.77 bits per heavy atom. The van der Waals surface area contributed by atoms with Gasteiger partial charge < -0.3 is 18.9 Å². The molecule has 1 aliphatic rings. The predicted octanol–water partition coefficient (Wildman–Crippen LogP) is 3.25. The van der Waals surface area contributed by atoms with Crippen molar-refractivity contribution in [3.05, 3.63) is 59.4 Å². The molecule has 6 nitrogen and oxygen atoms in total. The van der Waals surface area contributed by atoms with Crippen LogP contribution in [0.5, 0.6) is 17.2 Å². The van der Waals surface area contributed by atoms with Gasteiger partial charge in [-0.1, -0.05) is 12.1 Å². The SMILES string of the molecule is COC(=O)[C@@H](C)Oc1ccc(/C=C2\Oc3cc(OC)ccc3C2=O)cc1. The molecule has 0 spiro atoms. The van der Waals surface area contributed by atoms with Crippen LogP contribution in [0.3, 0.4) is 0 Å². The van der Waals surface area contributed by atoms with Crippen molar-refractivity contribution in [3.8, 4) is 17.2 Å². The summed E-state index contributed by atoms with van der Waals surface area (Å²) in [5, 5.41) is 0. The highest BCUT2D eigenvalue weighted by Gasteiger charge is 2.27. The maximum atomic E-state index is 12.4. The highest BCUT2D eigenvalue weighted by atomic mass is 16.6. The van der Waals surface area contributed by atoms with Crippen molar-refractivity contribution < 1.29 is 28.5 Å². The molecule has 0 amide bonds. The van der Waals surface area contributed by atoms with Gasteiger partial charge in [0, 0.05) is 6.07 Å². The van der Waals surface area contributed by atoms with Crippen molar-refractivity contribution in [2.24, 2.45) is 0 Å². The lowest BCUT2D eigenvalue weighted by Crippen LogP contribution is -2.24. The van der Waals surface area contributed by atoms with Gasteiger partial charge in [0.2, 0.25) is 5.78 Å². The molecule has 26 heavy (non-hydrogen) atoms. The fraction of sp³-hybridized carbons (Fsp3) is 0.200. The summed E-state index contributed by atoms with van der Waals surface area (Å²) in [5.41, 5.74) is 1.27. The Morgan fingerprint density at radius 3 is 2.42 bits per heavy atom. The van der Waals surface area contributed by atoms with Crippen LogP contribution in [0.2, 0.25) is 0 Å². The van der Waals surface area contributed by atoms with Gasteiger partial charge in [-0.05, 0) is 42.8 Å². The molecule has 2 aromatic rings. The Balaban J connectivity index is 1.75. The fourth-order valence-corrected chi connectivity index (χ4v) is 2.51. The van der Waals surface area contributed by atoms with Crippen LogP contribution < -0.4 is 14.2 Å². The van der Waals surface area contributed by atoms with Crippen LogP contribution in [0, 0.1) is 0 Å². The number of carbonyl (C=O) groups is 2. The molecule has 0 N–H and O–H groups in total. The fourth-order valence-electron chi connectivity index (χ4n) is 2.51. The maximum Gasteiger partial charge on any atom is 0.346 e. The number of allylic oxidation sites excluding steroid dienone is 1. The first-order chi connectivity index (χ1) is 12.5. The third-order valence-electron chi connectivity index (χ3n) is 3.90. The topological polar surface area (TPSA) is 71.1 Å². The van der Waals surface area contributed by atoms with E-state index in [-0.39, 0.29) is 11.5 Å². The van der Waals surface area contributed by atoms with E-state index in [1.54, 1.807) is 62.6 Å². The summed E-state index contributed by atoms with van der Waals surface area (Å²) in [7, 11) is 2.86. The Morgan fingerprint density at radius 1 is 1.08 bits per heavy atom. The lowest BCUT2D eigenvalue weighted by Gasteiger charge is -2.12. The number of rotatable bonds is 5. The van der Waals surface area contributed by atoms with E-state index in [1.807, 2.05) is 0 Å². The summed E-state index contributed by atoms with van der Waals surface area (Å²) in [5.74, 6) is 1.24. The first-order valence-corrected chi connectivity index (χ1v) is 7.98. The summed E-state index contributed by atoms with van der Waals surface area (Å²) in [6.45, 7) is 1.61. The molecule has 1 atom stereocenters. The molecule has 134 valence electrons. The van der Waals surface area contributed by atoms with E-state index in [0.717, 1.165) is 5.56 Å². The van der Waals surface area contributed by atoms with Crippen LogP contribution in [0.1, 0.15) is 22.8 Å². The number of hydrogen-bond donors (Lipinski definition) is 0. The molecule has 0 bridgehead atoms. The van der Waals surface area contributed by atoms with Gasteiger partial charge in [-0.3, -0.25) is 4.79 Å². The molecule has 0 fully saturated rings. The number of esters is 1. The molecule has 6 heteroatoms. The minimum Gasteiger partial charge on any atom is -0.497 e. The molecule has 0 radical (unpaired) electrons. The Hall–Kier alpha value is -3.28. The third kappa shape index (κ3) is 3.54. The number of ketones is 1.